The van der Waals surface area contributed by atoms with Gasteiger partial charge in [-0.3, -0.25) is 10.1 Å². The van der Waals surface area contributed by atoms with Crippen LogP contribution in [0.5, 0.6) is 0 Å². The smallest absolute Gasteiger partial charge is 0.269 e. The first kappa shape index (κ1) is 28.3. The first-order chi connectivity index (χ1) is 21.5. The van der Waals surface area contributed by atoms with Crippen LogP contribution >= 0.6 is 15.9 Å². The number of halogens is 1. The van der Waals surface area contributed by atoms with E-state index in [0.29, 0.717) is 6.04 Å². The highest BCUT2D eigenvalue weighted by Gasteiger charge is 2.23. The molecule has 0 saturated heterocycles. The molecule has 1 aliphatic rings. The predicted octanol–water partition coefficient (Wildman–Crippen LogP) is 10.2. The minimum absolute atomic E-state index is 0.131. The summed E-state index contributed by atoms with van der Waals surface area (Å²) in [5, 5.41) is 22.4. The number of non-ortho nitro benzene ring substituents is 1. The van der Waals surface area contributed by atoms with Crippen molar-refractivity contribution in [2.45, 2.75) is 38.3 Å². The Morgan fingerprint density at radius 2 is 1.36 bits per heavy atom. The average molecular weight is 643 g/mol. The zero-order chi connectivity index (χ0) is 30.2. The van der Waals surface area contributed by atoms with Crippen molar-refractivity contribution in [2.24, 2.45) is 0 Å². The Morgan fingerprint density at radius 3 is 2.02 bits per heavy atom. The number of benzene rings is 6. The third-order valence-electron chi connectivity index (χ3n) is 8.92. The van der Waals surface area contributed by atoms with Gasteiger partial charge in [-0.1, -0.05) is 101 Å². The largest absolute Gasteiger partial charge is 0.355 e. The van der Waals surface area contributed by atoms with Gasteiger partial charge in [-0.2, -0.15) is 0 Å². The number of rotatable bonds is 4. The summed E-state index contributed by atoms with van der Waals surface area (Å²) in [5.74, 6) is 0. The van der Waals surface area contributed by atoms with Crippen molar-refractivity contribution in [3.63, 3.8) is 0 Å². The molecular weight excluding hydrogens is 610 g/mol. The van der Waals surface area contributed by atoms with E-state index < -0.39 is 0 Å². The second-order valence-electron chi connectivity index (χ2n) is 11.6. The lowest BCUT2D eigenvalue weighted by molar-refractivity contribution is -0.384. The van der Waals surface area contributed by atoms with Crippen LogP contribution in [0.25, 0.3) is 43.4 Å². The summed E-state index contributed by atoms with van der Waals surface area (Å²) in [4.78, 5) is 13.9. The lowest BCUT2D eigenvalue weighted by Gasteiger charge is -2.30. The fourth-order valence-corrected chi connectivity index (χ4v) is 7.24. The average Bonchev–Trinajstić information content (AvgIpc) is 3.44. The van der Waals surface area contributed by atoms with E-state index in [1.165, 1.54) is 54.5 Å². The van der Waals surface area contributed by atoms with Crippen molar-refractivity contribution >= 4 is 65.0 Å². The molecule has 7 aromatic rings. The summed E-state index contributed by atoms with van der Waals surface area (Å²) in [7, 11) is 0. The fourth-order valence-electron chi connectivity index (χ4n) is 6.67. The summed E-state index contributed by atoms with van der Waals surface area (Å²) in [6.45, 7) is 2.13. The molecule has 0 bridgehead atoms. The van der Waals surface area contributed by atoms with Gasteiger partial charge in [0, 0.05) is 50.5 Å². The summed E-state index contributed by atoms with van der Waals surface area (Å²) in [6.07, 6.45) is 3.12. The van der Waals surface area contributed by atoms with E-state index in [4.69, 9.17) is 0 Å². The van der Waals surface area contributed by atoms with Crippen LogP contribution in [0.3, 0.4) is 0 Å². The van der Waals surface area contributed by atoms with Gasteiger partial charge in [0.05, 0.1) is 4.92 Å². The van der Waals surface area contributed by atoms with Crippen molar-refractivity contribution in [3.8, 4) is 0 Å². The fraction of sp³-hybridized carbons (Fsp3) is 0.158. The Bertz CT molecular complexity index is 2100. The van der Waals surface area contributed by atoms with Gasteiger partial charge in [0.25, 0.3) is 5.69 Å². The zero-order valence-electron chi connectivity index (χ0n) is 24.4. The Balaban J connectivity index is 0.000000199. The first-order valence-electron chi connectivity index (χ1n) is 15.0. The minimum atomic E-state index is -0.354. The Kier molecular flexibility index (Phi) is 7.62. The zero-order valence-corrected chi connectivity index (χ0v) is 26.0. The van der Waals surface area contributed by atoms with E-state index in [1.54, 1.807) is 12.1 Å². The number of nitrogens with zero attached hydrogens (tertiary/aromatic N) is 1. The molecule has 44 heavy (non-hydrogen) atoms. The van der Waals surface area contributed by atoms with Crippen LogP contribution in [0, 0.1) is 10.1 Å². The number of hydrogen-bond donors (Lipinski definition) is 2. The molecule has 1 aromatic heterocycles. The first-order valence-corrected chi connectivity index (χ1v) is 15.8. The van der Waals surface area contributed by atoms with Gasteiger partial charge in [0.2, 0.25) is 0 Å². The molecule has 5 nitrogen and oxygen atoms in total. The maximum atomic E-state index is 10.9. The van der Waals surface area contributed by atoms with Gasteiger partial charge in [0.1, 0.15) is 0 Å². The molecule has 0 spiro atoms. The Hall–Kier alpha value is -4.52. The number of para-hydroxylation sites is 2. The van der Waals surface area contributed by atoms with Gasteiger partial charge < -0.3 is 10.3 Å². The molecule has 1 aliphatic carbocycles. The summed E-state index contributed by atoms with van der Waals surface area (Å²) >= 11 is 3.78. The highest BCUT2D eigenvalue weighted by molar-refractivity contribution is 9.10. The highest BCUT2D eigenvalue weighted by Crippen LogP contribution is 2.37. The molecule has 0 fully saturated rings. The van der Waals surface area contributed by atoms with Gasteiger partial charge in [-0.15, -0.1) is 0 Å². The van der Waals surface area contributed by atoms with Crippen molar-refractivity contribution < 1.29 is 4.92 Å². The van der Waals surface area contributed by atoms with Gasteiger partial charge in [-0.05, 0) is 82.6 Å². The van der Waals surface area contributed by atoms with E-state index in [2.05, 4.69) is 124 Å². The third kappa shape index (κ3) is 5.36. The highest BCUT2D eigenvalue weighted by atomic mass is 79.9. The molecule has 2 unspecified atom stereocenters. The number of hydrogen-bond acceptors (Lipinski definition) is 3. The van der Waals surface area contributed by atoms with Gasteiger partial charge in [0.15, 0.2) is 0 Å². The van der Waals surface area contributed by atoms with Crippen LogP contribution in [0.15, 0.2) is 120 Å². The van der Waals surface area contributed by atoms with Crippen molar-refractivity contribution in [1.82, 2.24) is 10.3 Å². The third-order valence-corrected chi connectivity index (χ3v) is 9.57. The summed E-state index contributed by atoms with van der Waals surface area (Å²) in [6, 6.07) is 39.5. The van der Waals surface area contributed by atoms with Crippen LogP contribution in [-0.2, 0) is 12.8 Å². The summed E-state index contributed by atoms with van der Waals surface area (Å²) in [5.41, 5.74) is 6.50. The second-order valence-corrected chi connectivity index (χ2v) is 12.4. The van der Waals surface area contributed by atoms with Crippen molar-refractivity contribution in [1.29, 1.82) is 0 Å². The number of H-pyrrole nitrogens is 1. The SMILES string of the molecule is CC(NC1CCc2ccc3c(cc(Br)c4ccccc43)c2C1)c1ccc([N+](=O)[O-])cc1.c1ccc2c(c1)[nH]c1ccccc12. The molecule has 0 saturated carbocycles. The van der Waals surface area contributed by atoms with Crippen LogP contribution in [-0.4, -0.2) is 15.9 Å². The van der Waals surface area contributed by atoms with Gasteiger partial charge >= 0.3 is 0 Å². The molecule has 218 valence electrons. The van der Waals surface area contributed by atoms with E-state index in [1.807, 2.05) is 12.1 Å². The topological polar surface area (TPSA) is 71.0 Å². The van der Waals surface area contributed by atoms with E-state index in [0.717, 1.165) is 29.3 Å². The molecule has 8 rings (SSSR count). The van der Waals surface area contributed by atoms with Crippen molar-refractivity contribution in [2.75, 3.05) is 0 Å². The molecule has 2 atom stereocenters. The number of aryl methyl sites for hydroxylation is 1. The van der Waals surface area contributed by atoms with Crippen LogP contribution in [0.1, 0.15) is 36.1 Å². The normalized spacial score (nSPS) is 15.2. The molecule has 6 heteroatoms. The minimum Gasteiger partial charge on any atom is -0.355 e. The lowest BCUT2D eigenvalue weighted by atomic mass is 9.83. The standard InChI is InChI=1S/C26H23BrN2O2.C12H9N/c1-16(17-7-11-20(12-8-17)29(30)31)28-19-10-6-18-9-13-22-21-4-2-3-5-23(21)26(27)15-25(22)24(18)14-19;1-3-7-11-9(5-1)10-6-2-4-8-12(10)13-11/h2-5,7-9,11-13,15-16,19,28H,6,10,14H2,1H3;1-8,13H. The number of nitro groups is 1. The van der Waals surface area contributed by atoms with E-state index >= 15 is 0 Å². The van der Waals surface area contributed by atoms with Crippen LogP contribution in [0.4, 0.5) is 5.69 Å². The number of fused-ring (bicyclic) bond motifs is 8. The lowest BCUT2D eigenvalue weighted by Crippen LogP contribution is -2.36. The monoisotopic (exact) mass is 641 g/mol. The maximum absolute atomic E-state index is 10.9. The second kappa shape index (κ2) is 11.9. The number of aromatic amines is 1. The number of nitrogens with one attached hydrogen (secondary N) is 2. The van der Waals surface area contributed by atoms with Crippen LogP contribution < -0.4 is 5.32 Å². The predicted molar refractivity (Wildman–Crippen MR) is 185 cm³/mol. The molecular formula is C38H32BrN3O2. The van der Waals surface area contributed by atoms with E-state index in [-0.39, 0.29) is 16.7 Å². The van der Waals surface area contributed by atoms with Crippen LogP contribution in [0.2, 0.25) is 0 Å². The molecule has 1 heterocycles. The van der Waals surface area contributed by atoms with Gasteiger partial charge in [-0.25, -0.2) is 0 Å². The van der Waals surface area contributed by atoms with Crippen molar-refractivity contribution in [3.05, 3.63) is 147 Å². The summed E-state index contributed by atoms with van der Waals surface area (Å²) < 4.78 is 1.14. The maximum Gasteiger partial charge on any atom is 0.269 e. The quantitative estimate of drug-likeness (QED) is 0.114. The molecule has 2 N–H and O–H groups in total. The van der Waals surface area contributed by atoms with E-state index in [9.17, 15) is 10.1 Å². The Labute approximate surface area is 264 Å². The molecule has 0 aliphatic heterocycles. The number of aromatic nitrogens is 1. The molecule has 0 amide bonds. The number of nitro benzene ring substituents is 1. The Morgan fingerprint density at radius 1 is 0.773 bits per heavy atom. The molecule has 6 aromatic carbocycles. The molecule has 0 radical (unpaired) electrons.